The van der Waals surface area contributed by atoms with Crippen LogP contribution in [-0.2, 0) is 0 Å². The van der Waals surface area contributed by atoms with Crippen LogP contribution in [0.3, 0.4) is 0 Å². The van der Waals surface area contributed by atoms with Crippen molar-refractivity contribution in [1.29, 1.82) is 0 Å². The predicted molar refractivity (Wildman–Crippen MR) is 185 cm³/mol. The summed E-state index contributed by atoms with van der Waals surface area (Å²) in [5.41, 5.74) is 1.71. The first kappa shape index (κ1) is 36.9. The molecule has 0 amide bonds. The molecule has 9 atom stereocenters. The molecule has 0 bridgehead atoms. The van der Waals surface area contributed by atoms with Gasteiger partial charge in [0, 0.05) is 18.3 Å². The summed E-state index contributed by atoms with van der Waals surface area (Å²) in [5, 5.41) is 55.8. The van der Waals surface area contributed by atoms with E-state index in [2.05, 4.69) is 21.3 Å². The molecule has 7 aliphatic rings. The number of benzene rings is 1. The number of aliphatic hydroxyl groups excluding tert-OH is 3. The molecule has 0 radical (unpaired) electrons. The van der Waals surface area contributed by atoms with Crippen molar-refractivity contribution in [3.8, 4) is 5.75 Å². The molecule has 3 aliphatic carbocycles. The molecule has 9 heteroatoms. The zero-order valence-corrected chi connectivity index (χ0v) is 29.9. The molecule has 8 rings (SSSR count). The molecule has 1 aromatic carbocycles. The topological polar surface area (TPSA) is 137 Å². The fraction of sp³-hybridized carbons (Fsp3) is 0.778. The number of phenolic OH excluding ortho intramolecular Hbond substituents is 1. The number of fused-ring (bicyclic) bond motifs is 4. The van der Waals surface area contributed by atoms with Gasteiger partial charge in [-0.2, -0.15) is 0 Å². The summed E-state index contributed by atoms with van der Waals surface area (Å²) in [4.78, 5) is 0. The Hall–Kier alpha value is -0.881. The fourth-order valence-corrected chi connectivity index (χ4v) is 8.45. The Balaban J connectivity index is 0.000000136. The number of piperidine rings is 3. The van der Waals surface area contributed by atoms with E-state index < -0.39 is 0 Å². The largest absolute Gasteiger partial charge is 4.00 e. The number of hydrogen-bond donors (Lipinski definition) is 4. The molecule has 0 spiro atoms. The summed E-state index contributed by atoms with van der Waals surface area (Å²) < 4.78 is 0. The van der Waals surface area contributed by atoms with Crippen LogP contribution in [0.5, 0.6) is 5.75 Å². The van der Waals surface area contributed by atoms with Gasteiger partial charge in [-0.05, 0) is 30.9 Å². The molecule has 9 unspecified atom stereocenters. The van der Waals surface area contributed by atoms with Crippen LogP contribution in [0.25, 0.3) is 27.3 Å². The fourth-order valence-electron chi connectivity index (χ4n) is 8.45. The molecular weight excluding hydrogens is 671 g/mol. The van der Waals surface area contributed by atoms with E-state index in [1.165, 1.54) is 77.0 Å². The molecule has 45 heavy (non-hydrogen) atoms. The number of para-hydroxylation sites is 1. The number of rotatable bonds is 0. The second kappa shape index (κ2) is 19.2. The molecule has 1 aromatic rings. The molecule has 8 nitrogen and oxygen atoms in total. The minimum Gasteiger partial charge on any atom is -0.678 e. The average Bonchev–Trinajstić information content (AvgIpc) is 3.07. The van der Waals surface area contributed by atoms with E-state index in [1.54, 1.807) is 6.07 Å². The van der Waals surface area contributed by atoms with Crippen LogP contribution < -0.4 is 0 Å². The second-order valence-corrected chi connectivity index (χ2v) is 13.9. The monoisotopic (exact) mass is 728 g/mol. The van der Waals surface area contributed by atoms with Gasteiger partial charge in [0.1, 0.15) is 5.75 Å². The molecule has 248 valence electrons. The van der Waals surface area contributed by atoms with Crippen LogP contribution in [0, 0.1) is 17.8 Å². The zero-order valence-electron chi connectivity index (χ0n) is 27.1. The maximum Gasteiger partial charge on any atom is 4.00 e. The van der Waals surface area contributed by atoms with Crippen molar-refractivity contribution >= 4 is 35.7 Å². The minimum atomic E-state index is -0.117. The maximum absolute atomic E-state index is 9.61. The van der Waals surface area contributed by atoms with E-state index in [-0.39, 0.29) is 48.0 Å². The van der Waals surface area contributed by atoms with Crippen molar-refractivity contribution in [2.45, 2.75) is 133 Å². The second-order valence-electron chi connectivity index (χ2n) is 13.9. The Kier molecular flexibility index (Phi) is 15.8. The van der Waals surface area contributed by atoms with Crippen molar-refractivity contribution in [3.05, 3.63) is 51.1 Å². The Morgan fingerprint density at radius 1 is 0.556 bits per heavy atom. The average molecular weight is 728 g/mol. The van der Waals surface area contributed by atoms with Gasteiger partial charge >= 0.3 is 23.9 Å². The van der Waals surface area contributed by atoms with E-state index in [9.17, 15) is 20.4 Å². The van der Waals surface area contributed by atoms with E-state index in [0.717, 1.165) is 50.1 Å². The van der Waals surface area contributed by atoms with Gasteiger partial charge in [0.2, 0.25) is 0 Å². The van der Waals surface area contributed by atoms with E-state index in [0.29, 0.717) is 42.4 Å². The number of hydrogen-bond acceptors (Lipinski definition) is 4. The summed E-state index contributed by atoms with van der Waals surface area (Å²) in [6.45, 7) is 3.62. The van der Waals surface area contributed by atoms with Gasteiger partial charge in [-0.25, -0.2) is 0 Å². The van der Waals surface area contributed by atoms with Gasteiger partial charge in [0.25, 0.3) is 0 Å². The van der Waals surface area contributed by atoms with E-state index >= 15 is 0 Å². The van der Waals surface area contributed by atoms with Gasteiger partial charge in [-0.15, -0.1) is 50.4 Å². The first-order valence-corrected chi connectivity index (χ1v) is 17.7. The number of phenols is 1. The molecule has 4 N–H and O–H groups in total. The number of nitrogens with zero attached hydrogens (tertiary/aromatic N) is 4. The van der Waals surface area contributed by atoms with Crippen molar-refractivity contribution < 1.29 is 20.4 Å². The van der Waals surface area contributed by atoms with Crippen LogP contribution in [0.1, 0.15) is 102 Å². The molecule has 4 heterocycles. The summed E-state index contributed by atoms with van der Waals surface area (Å²) in [7, 11) is 0. The predicted octanol–water partition coefficient (Wildman–Crippen LogP) is 7.09. The number of aliphatic hydroxyl groups is 3. The smallest absolute Gasteiger partial charge is 0.678 e. The van der Waals surface area contributed by atoms with Gasteiger partial charge in [-0.1, -0.05) is 119 Å². The summed E-state index contributed by atoms with van der Waals surface area (Å²) in [6, 6.07) is 6.32. The Morgan fingerprint density at radius 2 is 0.978 bits per heavy atom. The normalized spacial score (nSPS) is 36.4. The van der Waals surface area contributed by atoms with Gasteiger partial charge in [0.05, 0.1) is 0 Å². The van der Waals surface area contributed by atoms with Crippen molar-refractivity contribution in [3.63, 3.8) is 0 Å². The van der Waals surface area contributed by atoms with Crippen molar-refractivity contribution in [1.82, 2.24) is 0 Å². The first-order chi connectivity index (χ1) is 21.5. The van der Waals surface area contributed by atoms with Crippen LogP contribution in [0.2, 0.25) is 0 Å². The third-order valence-corrected chi connectivity index (χ3v) is 10.8. The molecule has 0 aromatic heterocycles. The molecular formula is C36H56N4O4Sn. The van der Waals surface area contributed by atoms with Gasteiger partial charge in [-0.3, -0.25) is 0 Å². The molecule has 6 fully saturated rings. The Morgan fingerprint density at radius 3 is 1.38 bits per heavy atom. The van der Waals surface area contributed by atoms with Gasteiger partial charge < -0.3 is 41.7 Å². The van der Waals surface area contributed by atoms with E-state index in [4.69, 9.17) is 0 Å². The molecule has 4 aliphatic heterocycles. The van der Waals surface area contributed by atoms with Crippen molar-refractivity contribution in [2.75, 3.05) is 26.2 Å². The maximum atomic E-state index is 9.61. The van der Waals surface area contributed by atoms with Crippen LogP contribution in [-0.4, -0.2) is 107 Å². The summed E-state index contributed by atoms with van der Waals surface area (Å²) >= 11 is 0. The van der Waals surface area contributed by atoms with Crippen LogP contribution in [0.15, 0.2) is 24.3 Å². The zero-order chi connectivity index (χ0) is 30.7. The number of aromatic hydroxyl groups is 1. The van der Waals surface area contributed by atoms with Crippen molar-refractivity contribution in [2.24, 2.45) is 17.8 Å². The Labute approximate surface area is 288 Å². The third-order valence-electron chi connectivity index (χ3n) is 10.8. The quantitative estimate of drug-likeness (QED) is 0.212. The molecule has 3 saturated carbocycles. The Bertz CT molecular complexity index is 949. The van der Waals surface area contributed by atoms with Gasteiger partial charge in [0.15, 0.2) is 0 Å². The SMILES string of the molecule is OC1CCCC2CCC[N-]C12.OC1CCCC2CCC[N-]C12.OC1CCCC2CCC[N-]C12.Oc1cccc2c1[N-]CC=C2.[Sn+4]. The minimum absolute atomic E-state index is 0. The first-order valence-electron chi connectivity index (χ1n) is 17.7. The standard InChI is InChI=1S/3C9H16NO.C9H8NO.Sn/c4*11-8-5-1-3-7-4-2-6-10-9(7)8;/h3*7-9,11H,1-6H2;1-5,11H,6H2;/q4*-1;+4. The summed E-state index contributed by atoms with van der Waals surface area (Å²) in [5.74, 6) is 2.42. The van der Waals surface area contributed by atoms with E-state index in [1.807, 2.05) is 24.3 Å². The summed E-state index contributed by atoms with van der Waals surface area (Å²) in [6.07, 6.45) is 21.7. The van der Waals surface area contributed by atoms with Crippen LogP contribution >= 0.6 is 0 Å². The molecule has 3 saturated heterocycles. The third kappa shape index (κ3) is 10.6. The van der Waals surface area contributed by atoms with Crippen LogP contribution in [0.4, 0.5) is 5.69 Å².